The molecule has 0 aromatic heterocycles. The van der Waals surface area contributed by atoms with Gasteiger partial charge in [0.15, 0.2) is 5.78 Å². The number of halogens is 1. The highest BCUT2D eigenvalue weighted by molar-refractivity contribution is 9.12. The first-order valence-electron chi connectivity index (χ1n) is 4.65. The normalized spacial score (nSPS) is 18.1. The van der Waals surface area contributed by atoms with Gasteiger partial charge in [-0.3, -0.25) is 4.79 Å². The lowest BCUT2D eigenvalue weighted by molar-refractivity contribution is 0.101. The highest BCUT2D eigenvalue weighted by atomic mass is 79.9. The summed E-state index contributed by atoms with van der Waals surface area (Å²) in [7, 11) is -0.463. The summed E-state index contributed by atoms with van der Waals surface area (Å²) in [5.74, 6) is 0.165. The molecule has 0 saturated carbocycles. The number of benzene rings is 1. The van der Waals surface area contributed by atoms with Crippen molar-refractivity contribution in [3.05, 3.63) is 58.9 Å². The summed E-state index contributed by atoms with van der Waals surface area (Å²) in [6, 6.07) is 9.41. The molecule has 2 rings (SSSR count). The molecule has 0 saturated heterocycles. The lowest BCUT2D eigenvalue weighted by Crippen LogP contribution is -2.12. The Morgan fingerprint density at radius 3 is 2.33 bits per heavy atom. The average molecular weight is 283 g/mol. The van der Waals surface area contributed by atoms with Crippen LogP contribution >= 0.6 is 26.8 Å². The van der Waals surface area contributed by atoms with Gasteiger partial charge in [-0.1, -0.05) is 58.4 Å². The Labute approximate surface area is 100 Å². The molecule has 1 heterocycles. The molecule has 0 spiro atoms. The molecule has 1 atom stereocenters. The molecule has 78 valence electrons. The maximum atomic E-state index is 12.0. The molecule has 0 fully saturated rings. The van der Waals surface area contributed by atoms with Crippen LogP contribution in [0.1, 0.15) is 10.4 Å². The lowest BCUT2D eigenvalue weighted by atomic mass is 10.2. The third-order valence-corrected chi connectivity index (χ3v) is 5.79. The Morgan fingerprint density at radius 2 is 1.73 bits per heavy atom. The quantitative estimate of drug-likeness (QED) is 0.509. The number of rotatable bonds is 3. The molecule has 1 aliphatic rings. The first kappa shape index (κ1) is 10.7. The van der Waals surface area contributed by atoms with Gasteiger partial charge in [-0.05, 0) is 10.8 Å². The van der Waals surface area contributed by atoms with Gasteiger partial charge in [-0.15, -0.1) is 0 Å². The number of ketones is 1. The van der Waals surface area contributed by atoms with E-state index in [0.717, 1.165) is 5.56 Å². The number of carbonyl (C=O) groups is 1. The Balaban J connectivity index is 2.15. The van der Waals surface area contributed by atoms with Crippen LogP contribution in [-0.4, -0.2) is 9.94 Å². The van der Waals surface area contributed by atoms with Crippen LogP contribution in [0.2, 0.25) is 0 Å². The average Bonchev–Trinajstić information content (AvgIpc) is 2.82. The zero-order chi connectivity index (χ0) is 10.7. The minimum absolute atomic E-state index is 0.0927. The zero-order valence-corrected chi connectivity index (χ0v) is 10.5. The molecule has 3 heteroatoms. The van der Waals surface area contributed by atoms with Gasteiger partial charge in [0.2, 0.25) is 0 Å². The number of thiol groups is 1. The molecule has 15 heavy (non-hydrogen) atoms. The molecule has 0 bridgehead atoms. The van der Waals surface area contributed by atoms with Crippen LogP contribution in [0.5, 0.6) is 0 Å². The van der Waals surface area contributed by atoms with E-state index in [1.165, 1.54) is 0 Å². The number of hydrogen-bond donors (Lipinski definition) is 1. The monoisotopic (exact) mass is 282 g/mol. The second-order valence-electron chi connectivity index (χ2n) is 3.20. The third-order valence-electron chi connectivity index (χ3n) is 2.16. The Hall–Kier alpha value is -0.800. The molecule has 1 aromatic carbocycles. The van der Waals surface area contributed by atoms with Crippen LogP contribution in [0.3, 0.4) is 0 Å². The Morgan fingerprint density at radius 1 is 1.13 bits per heavy atom. The van der Waals surface area contributed by atoms with Crippen LogP contribution in [0, 0.1) is 0 Å². The largest absolute Gasteiger partial charge is 0.292 e. The summed E-state index contributed by atoms with van der Waals surface area (Å²) in [5, 5.41) is 4.19. The smallest absolute Gasteiger partial charge is 0.185 e. The SMILES string of the molecule is O=C(c1ccccc1)C(Br)[SH]1C=CC=C1. The molecular weight excluding hydrogens is 272 g/mol. The van der Waals surface area contributed by atoms with Crippen LogP contribution in [0.4, 0.5) is 0 Å². The van der Waals surface area contributed by atoms with Gasteiger partial charge in [-0.25, -0.2) is 0 Å². The number of allylic oxidation sites excluding steroid dienone is 2. The van der Waals surface area contributed by atoms with Gasteiger partial charge in [0.05, 0.1) is 0 Å². The summed E-state index contributed by atoms with van der Waals surface area (Å²) in [5.41, 5.74) is 0.774. The molecular formula is C12H11BrOS. The fourth-order valence-corrected chi connectivity index (χ4v) is 3.88. The third kappa shape index (κ3) is 2.41. The molecule has 1 nitrogen and oxygen atoms in total. The standard InChI is InChI=1S/C12H11BrOS/c13-12(15-8-4-5-9-15)11(14)10-6-2-1-3-7-10/h1-9,12,15H. The van der Waals surface area contributed by atoms with Crippen molar-refractivity contribution in [3.63, 3.8) is 0 Å². The van der Waals surface area contributed by atoms with Crippen molar-refractivity contribution in [2.75, 3.05) is 0 Å². The van der Waals surface area contributed by atoms with Gasteiger partial charge in [0, 0.05) is 5.56 Å². The first-order valence-corrected chi connectivity index (χ1v) is 7.11. The van der Waals surface area contributed by atoms with Crippen molar-refractivity contribution in [3.8, 4) is 0 Å². The van der Waals surface area contributed by atoms with Gasteiger partial charge in [-0.2, -0.15) is 10.9 Å². The van der Waals surface area contributed by atoms with Crippen LogP contribution < -0.4 is 0 Å². The summed E-state index contributed by atoms with van der Waals surface area (Å²) >= 11 is 3.48. The van der Waals surface area contributed by atoms with Crippen LogP contribution in [-0.2, 0) is 0 Å². The predicted molar refractivity (Wildman–Crippen MR) is 70.8 cm³/mol. The van der Waals surface area contributed by atoms with Gasteiger partial charge in [0.25, 0.3) is 0 Å². The number of alkyl halides is 1. The number of carbonyl (C=O) groups excluding carboxylic acids is 1. The van der Waals surface area contributed by atoms with Crippen LogP contribution in [0.25, 0.3) is 0 Å². The van der Waals surface area contributed by atoms with Crippen molar-refractivity contribution in [2.45, 2.75) is 4.16 Å². The van der Waals surface area contributed by atoms with Crippen molar-refractivity contribution >= 4 is 32.6 Å². The van der Waals surface area contributed by atoms with Gasteiger partial charge >= 0.3 is 0 Å². The molecule has 0 N–H and O–H groups in total. The fraction of sp³-hybridized carbons (Fsp3) is 0.0833. The maximum absolute atomic E-state index is 12.0. The predicted octanol–water partition coefficient (Wildman–Crippen LogP) is 3.63. The fourth-order valence-electron chi connectivity index (χ4n) is 1.37. The van der Waals surface area contributed by atoms with E-state index in [1.54, 1.807) is 0 Å². The van der Waals surface area contributed by atoms with E-state index in [4.69, 9.17) is 0 Å². The minimum Gasteiger partial charge on any atom is -0.292 e. The highest BCUT2D eigenvalue weighted by Gasteiger charge is 2.21. The van der Waals surface area contributed by atoms with Crippen molar-refractivity contribution in [1.82, 2.24) is 0 Å². The van der Waals surface area contributed by atoms with Crippen molar-refractivity contribution < 1.29 is 4.79 Å². The van der Waals surface area contributed by atoms with Gasteiger partial charge in [0.1, 0.15) is 4.16 Å². The summed E-state index contributed by atoms with van der Waals surface area (Å²) in [4.78, 5) is 12.0. The van der Waals surface area contributed by atoms with Gasteiger partial charge < -0.3 is 0 Å². The second kappa shape index (κ2) is 4.81. The highest BCUT2D eigenvalue weighted by Crippen LogP contribution is 2.42. The van der Waals surface area contributed by atoms with Crippen LogP contribution in [0.15, 0.2) is 53.3 Å². The number of hydrogen-bond acceptors (Lipinski definition) is 1. The summed E-state index contributed by atoms with van der Waals surface area (Å²) in [6.45, 7) is 0. The summed E-state index contributed by atoms with van der Waals surface area (Å²) < 4.78 is -0.0927. The van der Waals surface area contributed by atoms with E-state index in [-0.39, 0.29) is 9.94 Å². The molecule has 0 radical (unpaired) electrons. The van der Waals surface area contributed by atoms with E-state index in [1.807, 2.05) is 42.5 Å². The second-order valence-corrected chi connectivity index (χ2v) is 6.83. The molecule has 1 unspecified atom stereocenters. The zero-order valence-electron chi connectivity index (χ0n) is 8.01. The van der Waals surface area contributed by atoms with E-state index in [9.17, 15) is 4.79 Å². The topological polar surface area (TPSA) is 17.1 Å². The van der Waals surface area contributed by atoms with E-state index in [2.05, 4.69) is 26.7 Å². The Bertz CT molecular complexity index is 399. The molecule has 0 amide bonds. The van der Waals surface area contributed by atoms with E-state index in [0.29, 0.717) is 0 Å². The summed E-state index contributed by atoms with van der Waals surface area (Å²) in [6.07, 6.45) is 4.00. The molecule has 0 aliphatic carbocycles. The van der Waals surface area contributed by atoms with E-state index < -0.39 is 10.9 Å². The van der Waals surface area contributed by atoms with E-state index >= 15 is 0 Å². The van der Waals surface area contributed by atoms with Crippen molar-refractivity contribution in [2.24, 2.45) is 0 Å². The van der Waals surface area contributed by atoms with Crippen molar-refractivity contribution in [1.29, 1.82) is 0 Å². The number of Topliss-reactive ketones (excluding diaryl/α,β-unsaturated/α-hetero) is 1. The molecule has 1 aromatic rings. The first-order chi connectivity index (χ1) is 7.29. The molecule has 1 aliphatic heterocycles. The Kier molecular flexibility index (Phi) is 3.44. The minimum atomic E-state index is -0.463. The maximum Gasteiger partial charge on any atom is 0.185 e. The lowest BCUT2D eigenvalue weighted by Gasteiger charge is -2.16.